The molecule has 0 aliphatic carbocycles. The molecule has 9 aromatic rings. The maximum absolute atomic E-state index is 5.39. The van der Waals surface area contributed by atoms with Gasteiger partial charge in [-0.1, -0.05) is 109 Å². The Hall–Kier alpha value is -6.00. The van der Waals surface area contributed by atoms with E-state index < -0.39 is 0 Å². The molecule has 44 heavy (non-hydrogen) atoms. The van der Waals surface area contributed by atoms with Crippen molar-refractivity contribution in [2.75, 3.05) is 0 Å². The van der Waals surface area contributed by atoms with Crippen molar-refractivity contribution in [3.63, 3.8) is 0 Å². The minimum Gasteiger partial charge on any atom is -0.316 e. The monoisotopic (exact) mass is 562 g/mol. The topological polar surface area (TPSA) is 35.6 Å². The first-order valence-electron chi connectivity index (χ1n) is 14.9. The van der Waals surface area contributed by atoms with E-state index in [1.54, 1.807) is 0 Å². The average molecular weight is 563 g/mol. The lowest BCUT2D eigenvalue weighted by Crippen LogP contribution is -2.04. The quantitative estimate of drug-likeness (QED) is 0.214. The summed E-state index contributed by atoms with van der Waals surface area (Å²) in [7, 11) is 0. The van der Waals surface area contributed by atoms with Crippen molar-refractivity contribution in [3.05, 3.63) is 158 Å². The molecule has 0 bridgehead atoms. The van der Waals surface area contributed by atoms with E-state index in [9.17, 15) is 0 Å². The molecule has 9 rings (SSSR count). The Morgan fingerprint density at radius 1 is 0.455 bits per heavy atom. The van der Waals surface area contributed by atoms with Crippen LogP contribution in [0.1, 0.15) is 0 Å². The van der Waals surface area contributed by atoms with Crippen molar-refractivity contribution in [1.82, 2.24) is 19.1 Å². The number of hydrogen-bond donors (Lipinski definition) is 0. The maximum Gasteiger partial charge on any atom is 0.235 e. The zero-order chi connectivity index (χ0) is 29.0. The molecule has 3 aromatic heterocycles. The maximum atomic E-state index is 5.39. The second-order valence-corrected chi connectivity index (χ2v) is 11.1. The lowest BCUT2D eigenvalue weighted by molar-refractivity contribution is 1.01. The third-order valence-corrected chi connectivity index (χ3v) is 8.58. The Morgan fingerprint density at radius 2 is 1.14 bits per heavy atom. The molecule has 0 atom stereocenters. The van der Waals surface area contributed by atoms with Crippen molar-refractivity contribution < 1.29 is 0 Å². The zero-order valence-corrected chi connectivity index (χ0v) is 23.8. The Morgan fingerprint density at radius 3 is 1.98 bits per heavy atom. The highest BCUT2D eigenvalue weighted by molar-refractivity contribution is 6.13. The summed E-state index contributed by atoms with van der Waals surface area (Å²) in [6, 6.07) is 53.2. The molecule has 4 heteroatoms. The van der Waals surface area contributed by atoms with Crippen LogP contribution in [-0.4, -0.2) is 19.1 Å². The Bertz CT molecular complexity index is 2490. The molecule has 6 aromatic carbocycles. The predicted octanol–water partition coefficient (Wildman–Crippen LogP) is 10.0. The zero-order valence-electron chi connectivity index (χ0n) is 23.8. The van der Waals surface area contributed by atoms with Gasteiger partial charge in [0.15, 0.2) is 0 Å². The van der Waals surface area contributed by atoms with Gasteiger partial charge in [0.25, 0.3) is 0 Å². The molecule has 0 radical (unpaired) electrons. The summed E-state index contributed by atoms with van der Waals surface area (Å²) in [5.41, 5.74) is 9.65. The van der Waals surface area contributed by atoms with Crippen LogP contribution in [0.15, 0.2) is 158 Å². The molecule has 0 aliphatic heterocycles. The number of aromatic nitrogens is 4. The fourth-order valence-corrected chi connectivity index (χ4v) is 6.56. The Kier molecular flexibility index (Phi) is 5.47. The number of fused-ring (bicyclic) bond motifs is 5. The van der Waals surface area contributed by atoms with Crippen LogP contribution >= 0.6 is 0 Å². The minimum absolute atomic E-state index is 0.657. The lowest BCUT2D eigenvalue weighted by Gasteiger charge is -2.14. The van der Waals surface area contributed by atoms with Gasteiger partial charge in [0.2, 0.25) is 5.95 Å². The normalized spacial score (nSPS) is 11.6. The largest absolute Gasteiger partial charge is 0.316 e. The fourth-order valence-electron chi connectivity index (χ4n) is 6.56. The van der Waals surface area contributed by atoms with E-state index in [-0.39, 0.29) is 0 Å². The Balaban J connectivity index is 1.36. The van der Waals surface area contributed by atoms with Gasteiger partial charge >= 0.3 is 0 Å². The van der Waals surface area contributed by atoms with Crippen molar-refractivity contribution in [2.24, 2.45) is 0 Å². The molecular formula is C40H26N4. The van der Waals surface area contributed by atoms with Gasteiger partial charge in [0, 0.05) is 39.0 Å². The molecule has 0 saturated heterocycles. The van der Waals surface area contributed by atoms with Crippen LogP contribution in [0.4, 0.5) is 0 Å². The van der Waals surface area contributed by atoms with Crippen LogP contribution in [-0.2, 0) is 0 Å². The van der Waals surface area contributed by atoms with E-state index in [4.69, 9.17) is 9.97 Å². The smallest absolute Gasteiger partial charge is 0.235 e. The molecule has 3 heterocycles. The Labute approximate surface area is 254 Å². The number of hydrogen-bond acceptors (Lipinski definition) is 2. The van der Waals surface area contributed by atoms with E-state index in [0.29, 0.717) is 5.95 Å². The van der Waals surface area contributed by atoms with E-state index in [0.717, 1.165) is 55.5 Å². The number of nitrogens with zero attached hydrogens (tertiary/aromatic N) is 4. The van der Waals surface area contributed by atoms with Gasteiger partial charge < -0.3 is 4.57 Å². The summed E-state index contributed by atoms with van der Waals surface area (Å²) in [5, 5.41) is 4.59. The predicted molar refractivity (Wildman–Crippen MR) is 182 cm³/mol. The summed E-state index contributed by atoms with van der Waals surface area (Å²) in [4.78, 5) is 10.6. The van der Waals surface area contributed by atoms with E-state index in [1.165, 1.54) is 16.2 Å². The van der Waals surface area contributed by atoms with Gasteiger partial charge in [-0.15, -0.1) is 0 Å². The van der Waals surface area contributed by atoms with Gasteiger partial charge in [0.1, 0.15) is 0 Å². The molecule has 0 N–H and O–H groups in total. The van der Waals surface area contributed by atoms with Gasteiger partial charge in [0.05, 0.1) is 27.8 Å². The van der Waals surface area contributed by atoms with Gasteiger partial charge in [-0.05, 0) is 53.6 Å². The first kappa shape index (κ1) is 24.6. The molecule has 0 aliphatic rings. The van der Waals surface area contributed by atoms with Crippen molar-refractivity contribution >= 4 is 43.6 Å². The molecule has 0 spiro atoms. The summed E-state index contributed by atoms with van der Waals surface area (Å²) in [6.45, 7) is 0. The van der Waals surface area contributed by atoms with Crippen LogP contribution < -0.4 is 0 Å². The standard InChI is InChI=1S/C40H26N4/c1-3-13-27(14-4-1)30-17-7-8-19-32(30)39-33-20-9-11-21-35(33)41-40(42-39)44-36-22-12-10-18-31(36)34-25-28-23-24-43(37(28)26-38(34)44)29-15-5-2-6-16-29/h1-26H. The highest BCUT2D eigenvalue weighted by Gasteiger charge is 2.20. The van der Waals surface area contributed by atoms with E-state index >= 15 is 0 Å². The molecule has 0 fully saturated rings. The molecule has 0 saturated carbocycles. The van der Waals surface area contributed by atoms with Gasteiger partial charge in [-0.25, -0.2) is 9.97 Å². The number of para-hydroxylation sites is 3. The molecule has 206 valence electrons. The summed E-state index contributed by atoms with van der Waals surface area (Å²) in [6.07, 6.45) is 2.15. The SMILES string of the molecule is c1ccc(-c2ccccc2-c2nc(-n3c4ccccc4c4cc5ccn(-c6ccccc6)c5cc43)nc3ccccc23)cc1. The number of benzene rings is 6. The van der Waals surface area contributed by atoms with Crippen molar-refractivity contribution in [1.29, 1.82) is 0 Å². The van der Waals surface area contributed by atoms with Crippen LogP contribution in [0.2, 0.25) is 0 Å². The first-order chi connectivity index (χ1) is 21.8. The second kappa shape index (κ2) is 9.79. The van der Waals surface area contributed by atoms with Crippen LogP contribution in [0.5, 0.6) is 0 Å². The summed E-state index contributed by atoms with van der Waals surface area (Å²) in [5.74, 6) is 0.657. The molecule has 0 amide bonds. The van der Waals surface area contributed by atoms with E-state index in [2.05, 4.69) is 161 Å². The minimum atomic E-state index is 0.657. The molecule has 4 nitrogen and oxygen atoms in total. The van der Waals surface area contributed by atoms with Gasteiger partial charge in [-0.2, -0.15) is 0 Å². The van der Waals surface area contributed by atoms with Crippen molar-refractivity contribution in [2.45, 2.75) is 0 Å². The molecule has 0 unspecified atom stereocenters. The molecular weight excluding hydrogens is 536 g/mol. The highest BCUT2D eigenvalue weighted by atomic mass is 15.2. The lowest BCUT2D eigenvalue weighted by atomic mass is 9.96. The van der Waals surface area contributed by atoms with Crippen LogP contribution in [0.25, 0.3) is 77.6 Å². The van der Waals surface area contributed by atoms with Gasteiger partial charge in [-0.3, -0.25) is 4.57 Å². The third kappa shape index (κ3) is 3.78. The van der Waals surface area contributed by atoms with Crippen LogP contribution in [0, 0.1) is 0 Å². The second-order valence-electron chi connectivity index (χ2n) is 11.1. The first-order valence-corrected chi connectivity index (χ1v) is 14.9. The summed E-state index contributed by atoms with van der Waals surface area (Å²) < 4.78 is 4.48. The highest BCUT2D eigenvalue weighted by Crippen LogP contribution is 2.38. The van der Waals surface area contributed by atoms with Crippen LogP contribution in [0.3, 0.4) is 0 Å². The third-order valence-electron chi connectivity index (χ3n) is 8.58. The van der Waals surface area contributed by atoms with Crippen molar-refractivity contribution in [3.8, 4) is 34.0 Å². The summed E-state index contributed by atoms with van der Waals surface area (Å²) >= 11 is 0. The number of rotatable bonds is 4. The average Bonchev–Trinajstić information content (AvgIpc) is 3.66. The fraction of sp³-hybridized carbons (Fsp3) is 0. The van der Waals surface area contributed by atoms with E-state index in [1.807, 2.05) is 6.07 Å².